The highest BCUT2D eigenvalue weighted by atomic mass is 32.2. The monoisotopic (exact) mass is 441 g/mol. The Morgan fingerprint density at radius 1 is 1.27 bits per heavy atom. The average molecular weight is 442 g/mol. The van der Waals surface area contributed by atoms with Crippen molar-refractivity contribution in [3.8, 4) is 11.3 Å². The zero-order valence-electron chi connectivity index (χ0n) is 17.0. The number of hydrogen-bond acceptors (Lipinski definition) is 5. The lowest BCUT2D eigenvalue weighted by molar-refractivity contribution is -0.115. The second kappa shape index (κ2) is 7.85. The van der Waals surface area contributed by atoms with E-state index in [9.17, 15) is 13.2 Å². The second-order valence-electron chi connectivity index (χ2n) is 7.62. The van der Waals surface area contributed by atoms with E-state index in [0.29, 0.717) is 6.42 Å². The normalized spacial score (nSPS) is 15.8. The van der Waals surface area contributed by atoms with Crippen LogP contribution in [0, 0.1) is 6.92 Å². The van der Waals surface area contributed by atoms with Gasteiger partial charge in [-0.2, -0.15) is 0 Å². The number of amides is 1. The number of nitrogens with zero attached hydrogens (tertiary/aromatic N) is 2. The molecule has 4 rings (SSSR count). The summed E-state index contributed by atoms with van der Waals surface area (Å²) in [5, 5.41) is 5.60. The fourth-order valence-corrected chi connectivity index (χ4v) is 5.90. The van der Waals surface area contributed by atoms with Crippen molar-refractivity contribution in [3.05, 3.63) is 64.0 Å². The van der Waals surface area contributed by atoms with Gasteiger partial charge >= 0.3 is 0 Å². The number of benzene rings is 2. The molecule has 3 aromatic rings. The number of fused-ring (bicyclic) bond motifs is 1. The summed E-state index contributed by atoms with van der Waals surface area (Å²) in [4.78, 5) is 17.0. The highest BCUT2D eigenvalue weighted by Crippen LogP contribution is 2.37. The van der Waals surface area contributed by atoms with Gasteiger partial charge < -0.3 is 5.32 Å². The van der Waals surface area contributed by atoms with Gasteiger partial charge in [0.2, 0.25) is 15.9 Å². The number of carbonyl (C=O) groups excluding carboxylic acids is 1. The molecule has 2 aromatic carbocycles. The van der Waals surface area contributed by atoms with Crippen molar-refractivity contribution in [3.63, 3.8) is 0 Å². The molecule has 1 N–H and O–H groups in total. The molecule has 30 heavy (non-hydrogen) atoms. The minimum absolute atomic E-state index is 0.0959. The van der Waals surface area contributed by atoms with E-state index in [1.54, 1.807) is 0 Å². The molecule has 0 radical (unpaired) electrons. The Balaban J connectivity index is 1.50. The summed E-state index contributed by atoms with van der Waals surface area (Å²) < 4.78 is 25.7. The summed E-state index contributed by atoms with van der Waals surface area (Å²) in [6, 6.07) is 13.3. The van der Waals surface area contributed by atoms with Gasteiger partial charge in [0.1, 0.15) is 5.01 Å². The Hall–Kier alpha value is -2.71. The number of para-hydroxylation sites is 1. The lowest BCUT2D eigenvalue weighted by Gasteiger charge is -2.21. The molecule has 1 aliphatic heterocycles. The summed E-state index contributed by atoms with van der Waals surface area (Å²) in [7, 11) is -3.31. The zero-order valence-corrected chi connectivity index (χ0v) is 18.7. The van der Waals surface area contributed by atoms with Crippen LogP contribution in [0.15, 0.2) is 47.8 Å². The molecule has 0 saturated carbocycles. The van der Waals surface area contributed by atoms with Crippen LogP contribution >= 0.6 is 11.3 Å². The Morgan fingerprint density at radius 3 is 2.77 bits per heavy atom. The highest BCUT2D eigenvalue weighted by molar-refractivity contribution is 7.92. The Morgan fingerprint density at radius 2 is 2.03 bits per heavy atom. The number of hydrogen-bond donors (Lipinski definition) is 1. The molecule has 1 aromatic heterocycles. The minimum Gasteiger partial charge on any atom is -0.325 e. The van der Waals surface area contributed by atoms with Crippen molar-refractivity contribution < 1.29 is 13.2 Å². The van der Waals surface area contributed by atoms with Crippen LogP contribution in [-0.2, 0) is 27.7 Å². The van der Waals surface area contributed by atoms with Crippen LogP contribution in [0.1, 0.15) is 23.1 Å². The van der Waals surface area contributed by atoms with Crippen molar-refractivity contribution in [2.75, 3.05) is 15.9 Å². The largest absolute Gasteiger partial charge is 0.325 e. The van der Waals surface area contributed by atoms with Crippen molar-refractivity contribution in [1.82, 2.24) is 4.98 Å². The Labute approximate surface area is 180 Å². The number of rotatable bonds is 5. The van der Waals surface area contributed by atoms with Gasteiger partial charge in [0.05, 0.1) is 24.1 Å². The van der Waals surface area contributed by atoms with Crippen LogP contribution < -0.4 is 9.62 Å². The molecule has 0 unspecified atom stereocenters. The quantitative estimate of drug-likeness (QED) is 0.649. The molecule has 2 heterocycles. The van der Waals surface area contributed by atoms with Gasteiger partial charge in [-0.1, -0.05) is 24.3 Å². The third-order valence-corrected chi connectivity index (χ3v) is 7.29. The number of sulfonamides is 1. The van der Waals surface area contributed by atoms with Gasteiger partial charge in [-0.15, -0.1) is 11.3 Å². The van der Waals surface area contributed by atoms with E-state index in [2.05, 4.69) is 10.3 Å². The summed E-state index contributed by atoms with van der Waals surface area (Å²) in [5.74, 6) is -0.100. The number of nitrogens with one attached hydrogen (secondary N) is 1. The summed E-state index contributed by atoms with van der Waals surface area (Å²) in [6.07, 6.45) is 2.12. The number of aryl methyl sites for hydroxylation is 1. The Kier molecular flexibility index (Phi) is 5.38. The van der Waals surface area contributed by atoms with E-state index in [1.807, 2.05) is 61.7 Å². The standard InChI is InChI=1S/C22H23N3O3S2/c1-14-6-4-5-7-18(14)23-21(26)12-22-24-19(13-29-22)16-8-9-20-17(11-16)10-15(2)25(20)30(3,27)28/h4-9,11,13,15H,10,12H2,1-3H3,(H,23,26)/t15-/m1/s1. The highest BCUT2D eigenvalue weighted by Gasteiger charge is 2.32. The maximum absolute atomic E-state index is 12.4. The van der Waals surface area contributed by atoms with Crippen molar-refractivity contribution in [2.24, 2.45) is 0 Å². The van der Waals surface area contributed by atoms with E-state index in [0.717, 1.165) is 38.8 Å². The lowest BCUT2D eigenvalue weighted by Crippen LogP contribution is -2.34. The predicted molar refractivity (Wildman–Crippen MR) is 122 cm³/mol. The smallest absolute Gasteiger partial charge is 0.232 e. The zero-order chi connectivity index (χ0) is 21.5. The molecule has 0 bridgehead atoms. The van der Waals surface area contributed by atoms with Gasteiger partial charge in [0.25, 0.3) is 0 Å². The van der Waals surface area contributed by atoms with Crippen LogP contribution in [-0.4, -0.2) is 31.6 Å². The molecule has 1 aliphatic rings. The van der Waals surface area contributed by atoms with Gasteiger partial charge in [-0.25, -0.2) is 13.4 Å². The molecule has 0 aliphatic carbocycles. The maximum Gasteiger partial charge on any atom is 0.232 e. The van der Waals surface area contributed by atoms with E-state index in [-0.39, 0.29) is 18.4 Å². The molecule has 1 atom stereocenters. The number of aromatic nitrogens is 1. The SMILES string of the molecule is Cc1ccccc1NC(=O)Cc1nc(-c2ccc3c(c2)C[C@@H](C)N3S(C)(=O)=O)cs1. The Bertz CT molecular complexity index is 1220. The van der Waals surface area contributed by atoms with E-state index < -0.39 is 10.0 Å². The van der Waals surface area contributed by atoms with Crippen LogP contribution in [0.2, 0.25) is 0 Å². The molecular weight excluding hydrogens is 418 g/mol. The molecule has 0 spiro atoms. The first kappa shape index (κ1) is 20.6. The fraction of sp³-hybridized carbons (Fsp3) is 0.273. The van der Waals surface area contributed by atoms with Crippen LogP contribution in [0.25, 0.3) is 11.3 Å². The van der Waals surface area contributed by atoms with Gasteiger partial charge in [-0.05, 0) is 49.6 Å². The summed E-state index contributed by atoms with van der Waals surface area (Å²) in [6.45, 7) is 3.87. The molecule has 1 amide bonds. The van der Waals surface area contributed by atoms with Gasteiger partial charge in [-0.3, -0.25) is 9.10 Å². The first-order valence-corrected chi connectivity index (χ1v) is 12.4. The first-order valence-electron chi connectivity index (χ1n) is 9.65. The maximum atomic E-state index is 12.4. The van der Waals surface area contributed by atoms with E-state index in [1.165, 1.54) is 21.9 Å². The van der Waals surface area contributed by atoms with Crippen molar-refractivity contribution in [1.29, 1.82) is 0 Å². The van der Waals surface area contributed by atoms with E-state index >= 15 is 0 Å². The molecular formula is C22H23N3O3S2. The first-order chi connectivity index (χ1) is 14.2. The third-order valence-electron chi connectivity index (χ3n) is 5.17. The molecule has 6 nitrogen and oxygen atoms in total. The summed E-state index contributed by atoms with van der Waals surface area (Å²) in [5.41, 5.74) is 5.28. The predicted octanol–water partition coefficient (Wildman–Crippen LogP) is 4.01. The molecule has 156 valence electrons. The van der Waals surface area contributed by atoms with E-state index in [4.69, 9.17) is 0 Å². The van der Waals surface area contributed by atoms with Crippen molar-refractivity contribution in [2.45, 2.75) is 32.7 Å². The lowest BCUT2D eigenvalue weighted by atomic mass is 10.1. The van der Waals surface area contributed by atoms with Crippen LogP contribution in [0.3, 0.4) is 0 Å². The number of thiazole rings is 1. The fourth-order valence-electron chi connectivity index (χ4n) is 3.84. The second-order valence-corrected chi connectivity index (χ2v) is 10.4. The third kappa shape index (κ3) is 4.11. The van der Waals surface area contributed by atoms with Crippen LogP contribution in [0.4, 0.5) is 11.4 Å². The molecule has 0 fully saturated rings. The topological polar surface area (TPSA) is 79.4 Å². The van der Waals surface area contributed by atoms with Crippen molar-refractivity contribution >= 4 is 38.6 Å². The van der Waals surface area contributed by atoms with Gasteiger partial charge in [0.15, 0.2) is 0 Å². The minimum atomic E-state index is -3.31. The van der Waals surface area contributed by atoms with Crippen LogP contribution in [0.5, 0.6) is 0 Å². The molecule has 0 saturated heterocycles. The number of carbonyl (C=O) groups is 1. The average Bonchev–Trinajstić information content (AvgIpc) is 3.25. The van der Waals surface area contributed by atoms with Gasteiger partial charge in [0, 0.05) is 22.7 Å². The number of anilines is 2. The summed E-state index contributed by atoms with van der Waals surface area (Å²) >= 11 is 1.45. The molecule has 8 heteroatoms.